The molecule has 1 unspecified atom stereocenters. The zero-order valence-electron chi connectivity index (χ0n) is 20.3. The fraction of sp³-hybridized carbons (Fsp3) is 0.524. The molecule has 1 aliphatic heterocycles. The number of methoxy groups -OCH3 is 2. The van der Waals surface area contributed by atoms with Crippen molar-refractivity contribution in [3.05, 3.63) is 35.4 Å². The lowest BCUT2D eigenvalue weighted by Crippen LogP contribution is -2.31. The normalized spacial score (nSPS) is 17.9. The summed E-state index contributed by atoms with van der Waals surface area (Å²) >= 11 is 5.87. The van der Waals surface area contributed by atoms with Crippen LogP contribution >= 0.6 is 11.6 Å². The molecule has 4 heterocycles. The van der Waals surface area contributed by atoms with Gasteiger partial charge in [0.25, 0.3) is 0 Å². The summed E-state index contributed by atoms with van der Waals surface area (Å²) in [6, 6.07) is 0. The Morgan fingerprint density at radius 3 is 2.33 bits per heavy atom. The largest absolute Gasteiger partial charge is 0.479 e. The number of sulfonamides is 1. The minimum absolute atomic E-state index is 0.0818. The van der Waals surface area contributed by atoms with E-state index in [1.165, 1.54) is 37.5 Å². The summed E-state index contributed by atoms with van der Waals surface area (Å²) in [4.78, 5) is 16.6. The number of nitrogens with zero attached hydrogens (tertiary/aromatic N) is 7. The lowest BCUT2D eigenvalue weighted by molar-refractivity contribution is 0.00837. The number of anilines is 1. The third-order valence-corrected chi connectivity index (χ3v) is 8.05. The molecule has 0 spiro atoms. The van der Waals surface area contributed by atoms with Crippen LogP contribution in [0.1, 0.15) is 56.8 Å². The van der Waals surface area contributed by atoms with E-state index in [2.05, 4.69) is 34.9 Å². The molecule has 1 aliphatic rings. The van der Waals surface area contributed by atoms with Crippen molar-refractivity contribution in [1.82, 2.24) is 34.7 Å². The number of hydrogen-bond donors (Lipinski definition) is 1. The fourth-order valence-corrected chi connectivity index (χ4v) is 5.16. The first-order valence-corrected chi connectivity index (χ1v) is 13.2. The maximum atomic E-state index is 13.5. The summed E-state index contributed by atoms with van der Waals surface area (Å²) in [5.74, 6) is 0.378. The topological polar surface area (TPSA) is 156 Å². The van der Waals surface area contributed by atoms with Gasteiger partial charge in [-0.1, -0.05) is 18.5 Å². The molecule has 0 radical (unpaired) electrons. The number of aromatic nitrogens is 7. The highest BCUT2D eigenvalue weighted by Gasteiger charge is 2.34. The van der Waals surface area contributed by atoms with E-state index in [9.17, 15) is 8.42 Å². The molecule has 0 amide bonds. The molecule has 4 rings (SSSR count). The van der Waals surface area contributed by atoms with Crippen LogP contribution in [0.5, 0.6) is 11.8 Å². The second kappa shape index (κ2) is 10.9. The Morgan fingerprint density at radius 1 is 1.08 bits per heavy atom. The van der Waals surface area contributed by atoms with Gasteiger partial charge in [-0.2, -0.15) is 9.97 Å². The third-order valence-electron chi connectivity index (χ3n) is 6.00. The average Bonchev–Trinajstić information content (AvgIpc) is 3.30. The van der Waals surface area contributed by atoms with E-state index < -0.39 is 27.3 Å². The Labute approximate surface area is 213 Å². The molecule has 3 aromatic heterocycles. The molecule has 0 aromatic carbocycles. The van der Waals surface area contributed by atoms with Crippen molar-refractivity contribution in [2.24, 2.45) is 0 Å². The van der Waals surface area contributed by atoms with E-state index in [1.54, 1.807) is 13.8 Å². The van der Waals surface area contributed by atoms with Gasteiger partial charge in [-0.25, -0.2) is 18.4 Å². The summed E-state index contributed by atoms with van der Waals surface area (Å²) in [6.45, 7) is 3.83. The molecule has 0 saturated carbocycles. The summed E-state index contributed by atoms with van der Waals surface area (Å²) in [5, 5.41) is 7.86. The fourth-order valence-electron chi connectivity index (χ4n) is 3.83. The van der Waals surface area contributed by atoms with Crippen molar-refractivity contribution in [2.75, 3.05) is 25.5 Å². The molecule has 1 fully saturated rings. The van der Waals surface area contributed by atoms with Gasteiger partial charge in [-0.3, -0.25) is 9.29 Å². The van der Waals surface area contributed by atoms with Gasteiger partial charge in [0.1, 0.15) is 18.3 Å². The Bertz CT molecular complexity index is 1280. The molecule has 3 aromatic rings. The van der Waals surface area contributed by atoms with Crippen molar-refractivity contribution in [3.8, 4) is 17.4 Å². The Morgan fingerprint density at radius 2 is 1.75 bits per heavy atom. The second-order valence-corrected chi connectivity index (χ2v) is 10.7. The van der Waals surface area contributed by atoms with Gasteiger partial charge >= 0.3 is 0 Å². The quantitative estimate of drug-likeness (QED) is 0.427. The van der Waals surface area contributed by atoms with Crippen LogP contribution in [0.2, 0.25) is 5.02 Å². The average molecular weight is 539 g/mol. The van der Waals surface area contributed by atoms with Crippen molar-refractivity contribution < 1.29 is 22.6 Å². The van der Waals surface area contributed by atoms with E-state index in [1.807, 2.05) is 0 Å². The standard InChI is InChI=1S/C21H27ClN8O5S/c1-12(17-23-9-14(22)10-24-17)13(2)36(31,32)29-21-28-27-18(15-7-5-6-8-35-15)30(21)16-19(33-3)25-11-26-20(16)34-4/h9-13,15H,5-8H2,1-4H3,(H,28,29)/t12-,13-,15?/m0/s1. The molecule has 3 atom stereocenters. The molecule has 36 heavy (non-hydrogen) atoms. The Kier molecular flexibility index (Phi) is 7.85. The minimum atomic E-state index is -4.01. The first-order valence-electron chi connectivity index (χ1n) is 11.3. The Balaban J connectivity index is 1.77. The molecular weight excluding hydrogens is 512 g/mol. The highest BCUT2D eigenvalue weighted by Crippen LogP contribution is 2.37. The van der Waals surface area contributed by atoms with Crippen molar-refractivity contribution in [3.63, 3.8) is 0 Å². The first kappa shape index (κ1) is 26.0. The lowest BCUT2D eigenvalue weighted by atomic mass is 10.1. The number of nitrogens with one attached hydrogen (secondary N) is 1. The van der Waals surface area contributed by atoms with Crippen LogP contribution in [-0.4, -0.2) is 69.2 Å². The monoisotopic (exact) mass is 538 g/mol. The van der Waals surface area contributed by atoms with Crippen LogP contribution in [0.15, 0.2) is 18.7 Å². The van der Waals surface area contributed by atoms with Gasteiger partial charge in [0.15, 0.2) is 11.5 Å². The van der Waals surface area contributed by atoms with Crippen molar-refractivity contribution >= 4 is 27.6 Å². The maximum absolute atomic E-state index is 13.5. The minimum Gasteiger partial charge on any atom is -0.479 e. The van der Waals surface area contributed by atoms with E-state index in [4.69, 9.17) is 25.8 Å². The van der Waals surface area contributed by atoms with Crippen LogP contribution < -0.4 is 14.2 Å². The zero-order chi connectivity index (χ0) is 25.9. The number of ether oxygens (including phenoxy) is 3. The van der Waals surface area contributed by atoms with Crippen LogP contribution in [-0.2, 0) is 14.8 Å². The van der Waals surface area contributed by atoms with Gasteiger partial charge in [-0.15, -0.1) is 10.2 Å². The molecule has 194 valence electrons. The highest BCUT2D eigenvalue weighted by molar-refractivity contribution is 7.93. The van der Waals surface area contributed by atoms with Gasteiger partial charge in [0.05, 0.1) is 24.5 Å². The smallest absolute Gasteiger partial charge is 0.245 e. The van der Waals surface area contributed by atoms with Crippen LogP contribution in [0.4, 0.5) is 5.95 Å². The lowest BCUT2D eigenvalue weighted by Gasteiger charge is -2.24. The molecule has 13 nitrogen and oxygen atoms in total. The van der Waals surface area contributed by atoms with E-state index in [0.717, 1.165) is 12.8 Å². The van der Waals surface area contributed by atoms with E-state index in [0.29, 0.717) is 29.7 Å². The number of halogens is 1. The van der Waals surface area contributed by atoms with Gasteiger partial charge in [0.2, 0.25) is 27.7 Å². The summed E-state index contributed by atoms with van der Waals surface area (Å²) in [5.41, 5.74) is 0.246. The summed E-state index contributed by atoms with van der Waals surface area (Å²) in [6.07, 6.45) is 6.24. The third kappa shape index (κ3) is 5.20. The summed E-state index contributed by atoms with van der Waals surface area (Å²) < 4.78 is 47.8. The Hall–Kier alpha value is -3.10. The van der Waals surface area contributed by atoms with Crippen LogP contribution in [0.3, 0.4) is 0 Å². The predicted octanol–water partition coefficient (Wildman–Crippen LogP) is 2.69. The predicted molar refractivity (Wildman–Crippen MR) is 130 cm³/mol. The number of rotatable bonds is 9. The SMILES string of the molecule is COc1ncnc(OC)c1-n1c(NS(=O)(=O)[C@@H](C)[C@H](C)c2ncc(Cl)cn2)nnc1C1CCCCO1. The molecular formula is C21H27ClN8O5S. The van der Waals surface area contributed by atoms with E-state index >= 15 is 0 Å². The summed E-state index contributed by atoms with van der Waals surface area (Å²) in [7, 11) is -1.13. The molecule has 1 N–H and O–H groups in total. The van der Waals surface area contributed by atoms with Crippen LogP contribution in [0, 0.1) is 0 Å². The maximum Gasteiger partial charge on any atom is 0.245 e. The molecule has 0 aliphatic carbocycles. The van der Waals surface area contributed by atoms with Crippen molar-refractivity contribution in [2.45, 2.75) is 50.4 Å². The molecule has 0 bridgehead atoms. The van der Waals surface area contributed by atoms with Gasteiger partial charge < -0.3 is 14.2 Å². The van der Waals surface area contributed by atoms with E-state index in [-0.39, 0.29) is 23.4 Å². The first-order chi connectivity index (χ1) is 17.3. The molecule has 15 heteroatoms. The number of hydrogen-bond acceptors (Lipinski definition) is 11. The molecule has 1 saturated heterocycles. The van der Waals surface area contributed by atoms with Crippen LogP contribution in [0.25, 0.3) is 5.69 Å². The zero-order valence-corrected chi connectivity index (χ0v) is 21.8. The van der Waals surface area contributed by atoms with Gasteiger partial charge in [0, 0.05) is 24.9 Å². The highest BCUT2D eigenvalue weighted by atomic mass is 35.5. The van der Waals surface area contributed by atoms with Crippen molar-refractivity contribution in [1.29, 1.82) is 0 Å². The second-order valence-electron chi connectivity index (χ2n) is 8.21. The van der Waals surface area contributed by atoms with Gasteiger partial charge in [-0.05, 0) is 26.2 Å².